The summed E-state index contributed by atoms with van der Waals surface area (Å²) >= 11 is 0. The number of hydrogen-bond acceptors (Lipinski definition) is 4. The highest BCUT2D eigenvalue weighted by Gasteiger charge is 2.24. The molecule has 20 heavy (non-hydrogen) atoms. The Morgan fingerprint density at radius 2 is 2.20 bits per heavy atom. The van der Waals surface area contributed by atoms with Gasteiger partial charge in [-0.15, -0.1) is 0 Å². The number of nitrogens with zero attached hydrogens (tertiary/aromatic N) is 2. The number of rotatable bonds is 4. The lowest BCUT2D eigenvalue weighted by Crippen LogP contribution is -2.34. The van der Waals surface area contributed by atoms with Crippen molar-refractivity contribution < 1.29 is 14.7 Å². The molecule has 0 bridgehead atoms. The molecule has 2 aromatic heterocycles. The van der Waals surface area contributed by atoms with Crippen molar-refractivity contribution in [1.29, 1.82) is 0 Å². The highest BCUT2D eigenvalue weighted by molar-refractivity contribution is 5.95. The van der Waals surface area contributed by atoms with Crippen LogP contribution in [-0.4, -0.2) is 31.7 Å². The van der Waals surface area contributed by atoms with Crippen LogP contribution in [0.3, 0.4) is 0 Å². The van der Waals surface area contributed by atoms with Gasteiger partial charge in [-0.25, -0.2) is 4.79 Å². The molecule has 0 aliphatic heterocycles. The summed E-state index contributed by atoms with van der Waals surface area (Å²) in [7, 11) is 1.64. The highest BCUT2D eigenvalue weighted by Crippen LogP contribution is 2.12. The van der Waals surface area contributed by atoms with Crippen LogP contribution in [0.1, 0.15) is 22.1 Å². The number of carboxylic acids is 1. The fourth-order valence-corrected chi connectivity index (χ4v) is 1.67. The van der Waals surface area contributed by atoms with Crippen LogP contribution in [0.25, 0.3) is 0 Å². The predicted molar refractivity (Wildman–Crippen MR) is 68.1 cm³/mol. The molecule has 1 unspecified atom stereocenters. The van der Waals surface area contributed by atoms with Gasteiger partial charge < -0.3 is 15.4 Å². The van der Waals surface area contributed by atoms with Crippen LogP contribution in [0.15, 0.2) is 35.4 Å². The molecule has 0 fully saturated rings. The van der Waals surface area contributed by atoms with Gasteiger partial charge in [0.25, 0.3) is 5.91 Å². The number of nitrogens with one attached hydrogen (secondary N) is 2. The van der Waals surface area contributed by atoms with E-state index in [2.05, 4.69) is 15.4 Å². The maximum absolute atomic E-state index is 11.9. The number of carboxylic acid groups (broad SMARTS) is 1. The first-order chi connectivity index (χ1) is 9.47. The van der Waals surface area contributed by atoms with Crippen molar-refractivity contribution in [2.24, 2.45) is 7.05 Å². The molecule has 2 rings (SSSR count). The van der Waals surface area contributed by atoms with Gasteiger partial charge in [-0.2, -0.15) is 5.10 Å². The summed E-state index contributed by atoms with van der Waals surface area (Å²) in [4.78, 5) is 36.6. The number of aromatic amines is 1. The molecular formula is C12H12N4O4. The lowest BCUT2D eigenvalue weighted by atomic mass is 10.1. The number of H-pyrrole nitrogens is 1. The van der Waals surface area contributed by atoms with Gasteiger partial charge in [-0.05, 0) is 6.07 Å². The van der Waals surface area contributed by atoms with Crippen LogP contribution >= 0.6 is 0 Å². The number of carbonyl (C=O) groups is 2. The summed E-state index contributed by atoms with van der Waals surface area (Å²) in [5.41, 5.74) is -0.106. The molecule has 0 aliphatic rings. The van der Waals surface area contributed by atoms with Crippen LogP contribution in [0.2, 0.25) is 0 Å². The lowest BCUT2D eigenvalue weighted by molar-refractivity contribution is -0.139. The van der Waals surface area contributed by atoms with Gasteiger partial charge >= 0.3 is 5.97 Å². The third-order valence-electron chi connectivity index (χ3n) is 2.59. The molecule has 0 radical (unpaired) electrons. The van der Waals surface area contributed by atoms with Gasteiger partial charge in [-0.3, -0.25) is 14.3 Å². The third-order valence-corrected chi connectivity index (χ3v) is 2.59. The van der Waals surface area contributed by atoms with Crippen LogP contribution in [-0.2, 0) is 11.8 Å². The fourth-order valence-electron chi connectivity index (χ4n) is 1.67. The first-order valence-electron chi connectivity index (χ1n) is 5.69. The Morgan fingerprint density at radius 3 is 2.75 bits per heavy atom. The van der Waals surface area contributed by atoms with E-state index in [1.54, 1.807) is 7.05 Å². The van der Waals surface area contributed by atoms with Gasteiger partial charge in [0.05, 0.1) is 6.20 Å². The fraction of sp³-hybridized carbons (Fsp3) is 0.167. The van der Waals surface area contributed by atoms with Crippen LogP contribution in [0.4, 0.5) is 0 Å². The molecule has 0 aliphatic carbocycles. The summed E-state index contributed by atoms with van der Waals surface area (Å²) in [6.07, 6.45) is 2.85. The van der Waals surface area contributed by atoms with E-state index in [-0.39, 0.29) is 5.69 Å². The largest absolute Gasteiger partial charge is 0.479 e. The van der Waals surface area contributed by atoms with Crippen molar-refractivity contribution in [3.8, 4) is 0 Å². The molecule has 8 nitrogen and oxygen atoms in total. The van der Waals surface area contributed by atoms with Crippen molar-refractivity contribution in [1.82, 2.24) is 20.1 Å². The molecule has 8 heteroatoms. The number of pyridine rings is 1. The number of aliphatic carboxylic acids is 1. The monoisotopic (exact) mass is 276 g/mol. The third kappa shape index (κ3) is 2.91. The molecule has 2 aromatic rings. The maximum atomic E-state index is 11.9. The van der Waals surface area contributed by atoms with Gasteiger partial charge in [0.15, 0.2) is 6.04 Å². The van der Waals surface area contributed by atoms with E-state index in [1.807, 2.05) is 0 Å². The zero-order valence-electron chi connectivity index (χ0n) is 10.5. The highest BCUT2D eigenvalue weighted by atomic mass is 16.4. The molecule has 0 saturated heterocycles. The predicted octanol–water partition coefficient (Wildman–Crippen LogP) is -0.336. The number of hydrogen-bond donors (Lipinski definition) is 3. The van der Waals surface area contributed by atoms with Crippen LogP contribution in [0, 0.1) is 0 Å². The van der Waals surface area contributed by atoms with Crippen molar-refractivity contribution in [3.63, 3.8) is 0 Å². The summed E-state index contributed by atoms with van der Waals surface area (Å²) in [5, 5.41) is 15.3. The molecule has 1 amide bonds. The van der Waals surface area contributed by atoms with E-state index < -0.39 is 23.5 Å². The average Bonchev–Trinajstić information content (AvgIpc) is 2.81. The van der Waals surface area contributed by atoms with E-state index in [1.165, 1.54) is 35.3 Å². The Bertz CT molecular complexity index is 703. The summed E-state index contributed by atoms with van der Waals surface area (Å²) < 4.78 is 1.43. The summed E-state index contributed by atoms with van der Waals surface area (Å²) in [6.45, 7) is 0. The minimum atomic E-state index is -1.24. The van der Waals surface area contributed by atoms with E-state index in [9.17, 15) is 14.4 Å². The second-order valence-electron chi connectivity index (χ2n) is 4.12. The van der Waals surface area contributed by atoms with E-state index in [0.29, 0.717) is 5.56 Å². The Balaban J connectivity index is 2.23. The topological polar surface area (TPSA) is 117 Å². The van der Waals surface area contributed by atoms with Crippen molar-refractivity contribution >= 4 is 11.9 Å². The zero-order chi connectivity index (χ0) is 14.7. The Labute approximate surface area is 113 Å². The van der Waals surface area contributed by atoms with Crippen LogP contribution in [0.5, 0.6) is 0 Å². The normalized spacial score (nSPS) is 11.8. The number of aromatic nitrogens is 3. The van der Waals surface area contributed by atoms with Gasteiger partial charge in [0, 0.05) is 24.9 Å². The first-order valence-corrected chi connectivity index (χ1v) is 5.69. The molecule has 0 spiro atoms. The van der Waals surface area contributed by atoms with Gasteiger partial charge in [0.1, 0.15) is 5.69 Å². The summed E-state index contributed by atoms with van der Waals surface area (Å²) in [5.74, 6) is -1.90. The minimum Gasteiger partial charge on any atom is -0.479 e. The molecule has 3 N–H and O–H groups in total. The van der Waals surface area contributed by atoms with E-state index in [4.69, 9.17) is 5.11 Å². The Morgan fingerprint density at radius 1 is 1.45 bits per heavy atom. The molecule has 2 heterocycles. The average molecular weight is 276 g/mol. The SMILES string of the molecule is Cn1cc(C(NC(=O)c2cccc(=O)[nH]2)C(=O)O)cn1. The van der Waals surface area contributed by atoms with Crippen molar-refractivity contribution in [2.45, 2.75) is 6.04 Å². The molecule has 0 saturated carbocycles. The number of carbonyl (C=O) groups excluding carboxylic acids is 1. The summed E-state index contributed by atoms with van der Waals surface area (Å²) in [6, 6.07) is 2.82. The van der Waals surface area contributed by atoms with Crippen molar-refractivity contribution in [3.05, 3.63) is 52.2 Å². The molecule has 104 valence electrons. The first kappa shape index (κ1) is 13.5. The Kier molecular flexibility index (Phi) is 3.65. The molecule has 0 aromatic carbocycles. The Hall–Kier alpha value is -2.90. The van der Waals surface area contributed by atoms with Gasteiger partial charge in [-0.1, -0.05) is 6.07 Å². The molecular weight excluding hydrogens is 264 g/mol. The quantitative estimate of drug-likeness (QED) is 0.706. The number of aryl methyl sites for hydroxylation is 1. The maximum Gasteiger partial charge on any atom is 0.331 e. The second kappa shape index (κ2) is 5.39. The van der Waals surface area contributed by atoms with Crippen LogP contribution < -0.4 is 10.9 Å². The minimum absolute atomic E-state index is 0.00681. The molecule has 1 atom stereocenters. The smallest absolute Gasteiger partial charge is 0.331 e. The van der Waals surface area contributed by atoms with Crippen molar-refractivity contribution in [2.75, 3.05) is 0 Å². The second-order valence-corrected chi connectivity index (χ2v) is 4.12. The number of amides is 1. The zero-order valence-corrected chi connectivity index (χ0v) is 10.5. The standard InChI is InChI=1S/C12H12N4O4/c1-16-6-7(5-13-16)10(12(19)20)15-11(18)8-3-2-4-9(17)14-8/h2-6,10H,1H3,(H,14,17)(H,15,18)(H,19,20). The lowest BCUT2D eigenvalue weighted by Gasteiger charge is -2.12. The van der Waals surface area contributed by atoms with E-state index in [0.717, 1.165) is 0 Å². The van der Waals surface area contributed by atoms with E-state index >= 15 is 0 Å². The van der Waals surface area contributed by atoms with Gasteiger partial charge in [0.2, 0.25) is 5.56 Å².